The zero-order valence-electron chi connectivity index (χ0n) is 39.2. The van der Waals surface area contributed by atoms with Crippen LogP contribution in [-0.2, 0) is 45.8 Å². The molecule has 0 radical (unpaired) electrons. The Labute approximate surface area is 433 Å². The Morgan fingerprint density at radius 1 is 0.347 bits per heavy atom. The number of fused-ring (bicyclic) bond motifs is 3. The molecular formula is C66H45IrN4O. The molecule has 0 bridgehead atoms. The first-order chi connectivity index (χ1) is 35.2. The minimum atomic E-state index is 0. The molecule has 0 fully saturated rings. The molecular weight excluding hydrogens is 1060 g/mol. The van der Waals surface area contributed by atoms with Crippen LogP contribution in [0.2, 0.25) is 0 Å². The second-order valence-corrected chi connectivity index (χ2v) is 17.8. The van der Waals surface area contributed by atoms with Gasteiger partial charge in [-0.15, -0.1) is 94.5 Å². The van der Waals surface area contributed by atoms with Crippen LogP contribution in [0.4, 0.5) is 0 Å². The number of aryl methyl sites for hydroxylation is 4. The molecule has 0 aliphatic heterocycles. The summed E-state index contributed by atoms with van der Waals surface area (Å²) in [4.78, 5) is 18.5. The van der Waals surface area contributed by atoms with Crippen molar-refractivity contribution in [3.8, 4) is 78.3 Å². The summed E-state index contributed by atoms with van der Waals surface area (Å²) in [5.41, 5.74) is 20.8. The Balaban J connectivity index is 0.00000560. The Morgan fingerprint density at radius 2 is 0.931 bits per heavy atom. The fraction of sp³-hybridized carbons (Fsp3) is 0.0606. The molecule has 0 aliphatic rings. The van der Waals surface area contributed by atoms with E-state index in [4.69, 9.17) is 9.40 Å². The molecule has 344 valence electrons. The van der Waals surface area contributed by atoms with Crippen LogP contribution in [0.15, 0.2) is 229 Å². The van der Waals surface area contributed by atoms with Crippen molar-refractivity contribution in [2.45, 2.75) is 25.7 Å². The van der Waals surface area contributed by atoms with Crippen LogP contribution in [-0.4, -0.2) is 19.9 Å². The van der Waals surface area contributed by atoms with Crippen molar-refractivity contribution in [2.24, 2.45) is 0 Å². The van der Waals surface area contributed by atoms with Crippen LogP contribution in [0.5, 0.6) is 0 Å². The normalized spacial score (nSPS) is 11.2. The smallest absolute Gasteiger partial charge is 0.445 e. The van der Waals surface area contributed by atoms with Gasteiger partial charge >= 0.3 is 20.1 Å². The number of aromatic nitrogens is 4. The second-order valence-electron chi connectivity index (χ2n) is 17.8. The number of hydrogen-bond donors (Lipinski definition) is 0. The Hall–Kier alpha value is -8.41. The van der Waals surface area contributed by atoms with Gasteiger partial charge in [-0.2, -0.15) is 0 Å². The standard InChI is InChI=1S/C66H45N4O.Ir/c1-2-11-49(12-3-1)50-30-32-51(33-31-50)61-44-54(64-65-59(36-40-69-64)60-15-10-39-70-66(60)71-65)34-35-58(61)57-14-5-4-13-56(57)55-42-47(20-18-45-22-26-52(27-23-45)62-16-6-8-37-67-62)41-48(43-55)21-19-46-24-28-53(29-25-46)63-17-7-9-38-68-63;/h1-17,22-26,28,30-33,35-44H,18-21H2;/q-3;+3. The van der Waals surface area contributed by atoms with Crippen LogP contribution in [0.1, 0.15) is 22.3 Å². The average Bonchev–Trinajstić information content (AvgIpc) is 3.84. The molecule has 0 spiro atoms. The van der Waals surface area contributed by atoms with Crippen molar-refractivity contribution in [2.75, 3.05) is 0 Å². The third kappa shape index (κ3) is 9.71. The Bertz CT molecular complexity index is 3680. The van der Waals surface area contributed by atoms with Gasteiger partial charge in [0.2, 0.25) is 5.71 Å². The molecule has 0 aliphatic carbocycles. The molecule has 12 aromatic rings. The van der Waals surface area contributed by atoms with Crippen LogP contribution in [0.25, 0.3) is 100 Å². The van der Waals surface area contributed by atoms with Gasteiger partial charge in [-0.05, 0) is 93.5 Å². The van der Waals surface area contributed by atoms with Gasteiger partial charge in [-0.3, -0.25) is 0 Å². The molecule has 5 heterocycles. The van der Waals surface area contributed by atoms with E-state index < -0.39 is 0 Å². The molecule has 0 N–H and O–H groups in total. The van der Waals surface area contributed by atoms with Gasteiger partial charge in [0.15, 0.2) is 0 Å². The summed E-state index contributed by atoms with van der Waals surface area (Å²) in [5, 5.41) is 1.94. The van der Waals surface area contributed by atoms with Gasteiger partial charge in [-0.1, -0.05) is 151 Å². The molecule has 5 aromatic heterocycles. The first-order valence-electron chi connectivity index (χ1n) is 24.1. The minimum absolute atomic E-state index is 0. The molecule has 0 atom stereocenters. The summed E-state index contributed by atoms with van der Waals surface area (Å²) >= 11 is 0. The van der Waals surface area contributed by atoms with E-state index in [-0.39, 0.29) is 20.1 Å². The number of rotatable bonds is 13. The zero-order valence-corrected chi connectivity index (χ0v) is 41.6. The van der Waals surface area contributed by atoms with E-state index in [1.165, 1.54) is 33.4 Å². The summed E-state index contributed by atoms with van der Waals surface area (Å²) in [7, 11) is 0. The summed E-state index contributed by atoms with van der Waals surface area (Å²) in [6.07, 6.45) is 10.8. The Kier molecular flexibility index (Phi) is 13.4. The minimum Gasteiger partial charge on any atom is -0.445 e. The maximum absolute atomic E-state index is 6.40. The van der Waals surface area contributed by atoms with Crippen LogP contribution in [0.3, 0.4) is 0 Å². The zero-order chi connectivity index (χ0) is 47.3. The topological polar surface area (TPSA) is 64.7 Å². The third-order valence-corrected chi connectivity index (χ3v) is 13.3. The Morgan fingerprint density at radius 3 is 1.57 bits per heavy atom. The van der Waals surface area contributed by atoms with E-state index >= 15 is 0 Å². The molecule has 6 heteroatoms. The molecule has 0 unspecified atom stereocenters. The molecule has 72 heavy (non-hydrogen) atoms. The maximum atomic E-state index is 6.40. The van der Waals surface area contributed by atoms with Gasteiger partial charge in [0.25, 0.3) is 0 Å². The van der Waals surface area contributed by atoms with Crippen molar-refractivity contribution >= 4 is 22.1 Å². The summed E-state index contributed by atoms with van der Waals surface area (Å²) in [6.45, 7) is 0. The van der Waals surface area contributed by atoms with Gasteiger partial charge in [0, 0.05) is 41.3 Å². The maximum Gasteiger partial charge on any atom is 3.00 e. The fourth-order valence-corrected chi connectivity index (χ4v) is 9.63. The van der Waals surface area contributed by atoms with Crippen LogP contribution < -0.4 is 0 Å². The van der Waals surface area contributed by atoms with E-state index in [1.54, 1.807) is 6.20 Å². The van der Waals surface area contributed by atoms with Crippen LogP contribution in [0, 0.1) is 18.2 Å². The summed E-state index contributed by atoms with van der Waals surface area (Å²) in [5.74, 6) is 0. The van der Waals surface area contributed by atoms with E-state index in [0.717, 1.165) is 104 Å². The molecule has 7 aromatic carbocycles. The van der Waals surface area contributed by atoms with Crippen molar-refractivity contribution in [1.29, 1.82) is 0 Å². The monoisotopic (exact) mass is 1100 g/mol. The fourth-order valence-electron chi connectivity index (χ4n) is 9.63. The number of furan rings is 1. The molecule has 0 saturated heterocycles. The molecule has 0 saturated carbocycles. The molecule has 0 amide bonds. The van der Waals surface area contributed by atoms with Crippen LogP contribution >= 0.6 is 0 Å². The third-order valence-electron chi connectivity index (χ3n) is 13.3. The number of nitrogens with zero attached hydrogens (tertiary/aromatic N) is 4. The predicted molar refractivity (Wildman–Crippen MR) is 287 cm³/mol. The van der Waals surface area contributed by atoms with E-state index in [1.807, 2.05) is 73.2 Å². The second kappa shape index (κ2) is 20.9. The van der Waals surface area contributed by atoms with Gasteiger partial charge < -0.3 is 19.4 Å². The quantitative estimate of drug-likeness (QED) is 0.108. The van der Waals surface area contributed by atoms with Crippen molar-refractivity contribution in [3.63, 3.8) is 0 Å². The van der Waals surface area contributed by atoms with Gasteiger partial charge in [-0.25, -0.2) is 4.98 Å². The van der Waals surface area contributed by atoms with E-state index in [9.17, 15) is 0 Å². The largest absolute Gasteiger partial charge is 3.00 e. The SMILES string of the molecule is [Ir+3].[c-]1cc(CCc2cc(CCc3c[c-]c(-c4ccccn4)cc3)cc(-c3ccccc3-c3c[c-]c(-c4nccc5c4oc4ncccc45)cc3-c3ccc(-c4ccccc4)cc3)c2)ccc1-c1ccccn1. The van der Waals surface area contributed by atoms with E-state index in [0.29, 0.717) is 11.3 Å². The first kappa shape index (κ1) is 46.0. The number of hydrogen-bond acceptors (Lipinski definition) is 5. The van der Waals surface area contributed by atoms with E-state index in [2.05, 4.69) is 179 Å². The molecule has 5 nitrogen and oxygen atoms in total. The molecule has 12 rings (SSSR count). The van der Waals surface area contributed by atoms with Gasteiger partial charge in [0.05, 0.1) is 0 Å². The summed E-state index contributed by atoms with van der Waals surface area (Å²) in [6, 6.07) is 81.2. The predicted octanol–water partition coefficient (Wildman–Crippen LogP) is 15.8. The van der Waals surface area contributed by atoms with Gasteiger partial charge in [0.1, 0.15) is 5.58 Å². The number of pyridine rings is 4. The van der Waals surface area contributed by atoms with Crippen molar-refractivity contribution in [3.05, 3.63) is 265 Å². The van der Waals surface area contributed by atoms with Crippen molar-refractivity contribution in [1.82, 2.24) is 19.9 Å². The van der Waals surface area contributed by atoms with Crippen molar-refractivity contribution < 1.29 is 24.5 Å². The number of benzene rings is 7. The average molecular weight is 1100 g/mol. The first-order valence-corrected chi connectivity index (χ1v) is 24.1. The summed E-state index contributed by atoms with van der Waals surface area (Å²) < 4.78 is 6.40.